The van der Waals surface area contributed by atoms with Crippen LogP contribution < -0.4 is 4.74 Å². The Hall–Kier alpha value is -1.88. The third-order valence-corrected chi connectivity index (χ3v) is 4.11. The van der Waals surface area contributed by atoms with E-state index in [1.165, 1.54) is 17.5 Å². The molecule has 0 spiro atoms. The zero-order valence-electron chi connectivity index (χ0n) is 9.50. The Bertz CT molecular complexity index is 593. The summed E-state index contributed by atoms with van der Waals surface area (Å²) in [4.78, 5) is 15.3. The van der Waals surface area contributed by atoms with Gasteiger partial charge in [0, 0.05) is 5.92 Å². The van der Waals surface area contributed by atoms with Crippen molar-refractivity contribution in [1.82, 2.24) is 4.98 Å². The second-order valence-electron chi connectivity index (χ2n) is 4.19. The summed E-state index contributed by atoms with van der Waals surface area (Å²) in [6.07, 6.45) is 2.27. The number of aromatic carboxylic acids is 1. The van der Waals surface area contributed by atoms with Gasteiger partial charge in [0.2, 0.25) is 0 Å². The fourth-order valence-corrected chi connectivity index (χ4v) is 2.90. The lowest BCUT2D eigenvalue weighted by atomic mass is 9.97. The summed E-state index contributed by atoms with van der Waals surface area (Å²) in [6.45, 7) is 0.559. The zero-order valence-corrected chi connectivity index (χ0v) is 10.3. The lowest BCUT2D eigenvalue weighted by Gasteiger charge is -2.23. The predicted molar refractivity (Wildman–Crippen MR) is 67.5 cm³/mol. The average Bonchev–Trinajstić information content (AvgIpc) is 2.88. The van der Waals surface area contributed by atoms with Crippen molar-refractivity contribution in [3.63, 3.8) is 0 Å². The van der Waals surface area contributed by atoms with E-state index in [0.717, 1.165) is 22.7 Å². The highest BCUT2D eigenvalue weighted by Crippen LogP contribution is 2.33. The summed E-state index contributed by atoms with van der Waals surface area (Å²) in [5.74, 6) is 0.151. The molecule has 1 aliphatic heterocycles. The molecule has 0 saturated carbocycles. The highest BCUT2D eigenvalue weighted by molar-refractivity contribution is 7.13. The number of hydrogen-bond donors (Lipinski definition) is 1. The predicted octanol–water partition coefficient (Wildman–Crippen LogP) is 2.56. The zero-order chi connectivity index (χ0) is 12.5. The number of ether oxygens (including phenoxy) is 1. The first-order valence-electron chi connectivity index (χ1n) is 5.64. The minimum atomic E-state index is -0.920. The van der Waals surface area contributed by atoms with Crippen molar-refractivity contribution >= 4 is 17.3 Å². The monoisotopic (exact) mass is 261 g/mol. The SMILES string of the molecule is O=C(O)c1cnc(C2COc3ccccc3C2)s1. The van der Waals surface area contributed by atoms with E-state index in [2.05, 4.69) is 4.98 Å². The summed E-state index contributed by atoms with van der Waals surface area (Å²) in [7, 11) is 0. The highest BCUT2D eigenvalue weighted by Gasteiger charge is 2.24. The third kappa shape index (κ3) is 1.97. The van der Waals surface area contributed by atoms with Crippen molar-refractivity contribution in [3.8, 4) is 5.75 Å². The van der Waals surface area contributed by atoms with E-state index in [9.17, 15) is 4.79 Å². The molecule has 1 N–H and O–H groups in total. The Kier molecular flexibility index (Phi) is 2.76. The van der Waals surface area contributed by atoms with Gasteiger partial charge in [-0.3, -0.25) is 0 Å². The molecule has 1 atom stereocenters. The molecular formula is C13H11NO3S. The van der Waals surface area contributed by atoms with Crippen LogP contribution >= 0.6 is 11.3 Å². The van der Waals surface area contributed by atoms with Gasteiger partial charge in [0.25, 0.3) is 0 Å². The standard InChI is InChI=1S/C13H11NO3S/c15-13(16)11-6-14-12(18-11)9-5-8-3-1-2-4-10(8)17-7-9/h1-4,6,9H,5,7H2,(H,15,16). The van der Waals surface area contributed by atoms with E-state index >= 15 is 0 Å². The summed E-state index contributed by atoms with van der Waals surface area (Å²) >= 11 is 1.23. The normalized spacial score (nSPS) is 17.9. The summed E-state index contributed by atoms with van der Waals surface area (Å²) in [6, 6.07) is 7.92. The summed E-state index contributed by atoms with van der Waals surface area (Å²) in [5.41, 5.74) is 1.15. The molecule has 0 saturated heterocycles. The maximum absolute atomic E-state index is 10.8. The topological polar surface area (TPSA) is 59.4 Å². The first kappa shape index (κ1) is 11.2. The molecule has 1 unspecified atom stereocenters. The molecule has 0 radical (unpaired) electrons. The molecule has 0 amide bonds. The van der Waals surface area contributed by atoms with Gasteiger partial charge < -0.3 is 9.84 Å². The number of thiazole rings is 1. The lowest BCUT2D eigenvalue weighted by Crippen LogP contribution is -2.18. The van der Waals surface area contributed by atoms with Gasteiger partial charge in [0.1, 0.15) is 15.6 Å². The molecule has 5 heteroatoms. The first-order valence-corrected chi connectivity index (χ1v) is 6.45. The molecule has 3 rings (SSSR count). The largest absolute Gasteiger partial charge is 0.493 e. The van der Waals surface area contributed by atoms with E-state index in [1.807, 2.05) is 24.3 Å². The highest BCUT2D eigenvalue weighted by atomic mass is 32.1. The Balaban J connectivity index is 1.85. The minimum absolute atomic E-state index is 0.151. The van der Waals surface area contributed by atoms with Gasteiger partial charge >= 0.3 is 5.97 Å². The van der Waals surface area contributed by atoms with Gasteiger partial charge in [-0.1, -0.05) is 18.2 Å². The summed E-state index contributed by atoms with van der Waals surface area (Å²) < 4.78 is 5.68. The van der Waals surface area contributed by atoms with Crippen LogP contribution in [0.2, 0.25) is 0 Å². The van der Waals surface area contributed by atoms with Crippen LogP contribution in [0.1, 0.15) is 26.2 Å². The van der Waals surface area contributed by atoms with Crippen molar-refractivity contribution in [3.05, 3.63) is 45.9 Å². The second-order valence-corrected chi connectivity index (χ2v) is 5.25. The number of carboxylic acids is 1. The fraction of sp³-hybridized carbons (Fsp3) is 0.231. The van der Waals surface area contributed by atoms with E-state index in [-0.39, 0.29) is 10.8 Å². The van der Waals surface area contributed by atoms with Crippen molar-refractivity contribution in [2.24, 2.45) is 0 Å². The Morgan fingerprint density at radius 1 is 1.44 bits per heavy atom. The first-order chi connectivity index (χ1) is 8.74. The molecule has 2 aromatic rings. The molecule has 18 heavy (non-hydrogen) atoms. The molecule has 4 nitrogen and oxygen atoms in total. The minimum Gasteiger partial charge on any atom is -0.493 e. The van der Waals surface area contributed by atoms with Crippen LogP contribution in [0.15, 0.2) is 30.5 Å². The Morgan fingerprint density at radius 2 is 2.28 bits per heavy atom. The van der Waals surface area contributed by atoms with E-state index in [0.29, 0.717) is 6.61 Å². The summed E-state index contributed by atoms with van der Waals surface area (Å²) in [5, 5.41) is 9.73. The van der Waals surface area contributed by atoms with Crippen molar-refractivity contribution in [1.29, 1.82) is 0 Å². The van der Waals surface area contributed by atoms with E-state index in [4.69, 9.17) is 9.84 Å². The number of rotatable bonds is 2. The molecule has 1 aromatic heterocycles. The number of carboxylic acid groups (broad SMARTS) is 1. The fourth-order valence-electron chi connectivity index (χ4n) is 2.06. The van der Waals surface area contributed by atoms with E-state index in [1.54, 1.807) is 0 Å². The van der Waals surface area contributed by atoms with Gasteiger partial charge in [0.15, 0.2) is 0 Å². The van der Waals surface area contributed by atoms with Gasteiger partial charge in [0.05, 0.1) is 12.8 Å². The van der Waals surface area contributed by atoms with Crippen LogP contribution in [0.3, 0.4) is 0 Å². The van der Waals surface area contributed by atoms with Gasteiger partial charge in [-0.25, -0.2) is 9.78 Å². The molecule has 2 heterocycles. The molecule has 1 aliphatic rings. The van der Waals surface area contributed by atoms with Gasteiger partial charge in [-0.05, 0) is 18.1 Å². The number of carbonyl (C=O) groups is 1. The maximum Gasteiger partial charge on any atom is 0.347 e. The molecule has 0 fully saturated rings. The smallest absolute Gasteiger partial charge is 0.347 e. The number of nitrogens with zero attached hydrogens (tertiary/aromatic N) is 1. The Labute approximate surface area is 108 Å². The molecular weight excluding hydrogens is 250 g/mol. The van der Waals surface area contributed by atoms with E-state index < -0.39 is 5.97 Å². The van der Waals surface area contributed by atoms with Crippen molar-refractivity contribution in [2.45, 2.75) is 12.3 Å². The number of hydrogen-bond acceptors (Lipinski definition) is 4. The van der Waals surface area contributed by atoms with Crippen LogP contribution in [0.25, 0.3) is 0 Å². The number of fused-ring (bicyclic) bond motifs is 1. The van der Waals surface area contributed by atoms with Crippen molar-refractivity contribution < 1.29 is 14.6 Å². The second kappa shape index (κ2) is 4.42. The number of benzene rings is 1. The number of para-hydroxylation sites is 1. The third-order valence-electron chi connectivity index (χ3n) is 2.96. The van der Waals surface area contributed by atoms with Gasteiger partial charge in [-0.15, -0.1) is 11.3 Å². The van der Waals surface area contributed by atoms with Crippen LogP contribution in [0.4, 0.5) is 0 Å². The molecule has 0 aliphatic carbocycles. The molecule has 1 aromatic carbocycles. The lowest BCUT2D eigenvalue weighted by molar-refractivity contribution is 0.0702. The van der Waals surface area contributed by atoms with Crippen LogP contribution in [-0.2, 0) is 6.42 Å². The molecule has 0 bridgehead atoms. The average molecular weight is 261 g/mol. The number of aromatic nitrogens is 1. The van der Waals surface area contributed by atoms with Gasteiger partial charge in [-0.2, -0.15) is 0 Å². The van der Waals surface area contributed by atoms with Crippen LogP contribution in [-0.4, -0.2) is 22.7 Å². The molecule has 92 valence electrons. The van der Waals surface area contributed by atoms with Crippen molar-refractivity contribution in [2.75, 3.05) is 6.61 Å². The maximum atomic E-state index is 10.8. The quantitative estimate of drug-likeness (QED) is 0.902. The van der Waals surface area contributed by atoms with Crippen LogP contribution in [0.5, 0.6) is 5.75 Å². The Morgan fingerprint density at radius 3 is 3.06 bits per heavy atom. The van der Waals surface area contributed by atoms with Crippen LogP contribution in [0, 0.1) is 0 Å².